The molecular weight excluding hydrogens is 454 g/mol. The van der Waals surface area contributed by atoms with Gasteiger partial charge in [0, 0.05) is 31.6 Å². The number of carbonyl (C=O) groups excluding carboxylic acids is 1. The van der Waals surface area contributed by atoms with E-state index in [0.29, 0.717) is 57.1 Å². The SMILES string of the molecule is COc1cc2c3c(n(CCCN4CCOCC4)c(=O)c2cc1OC)C1=C(C=C2OCOC2N1)C3=O. The highest BCUT2D eigenvalue weighted by Gasteiger charge is 2.41. The van der Waals surface area contributed by atoms with Crippen molar-refractivity contribution in [2.45, 2.75) is 19.2 Å². The van der Waals surface area contributed by atoms with Crippen LogP contribution in [0.15, 0.2) is 34.3 Å². The molecule has 0 amide bonds. The molecule has 1 aromatic heterocycles. The van der Waals surface area contributed by atoms with Gasteiger partial charge in [-0.25, -0.2) is 0 Å². The van der Waals surface area contributed by atoms with Gasteiger partial charge < -0.3 is 33.6 Å². The molecule has 0 saturated carbocycles. The molecule has 4 aliphatic rings. The van der Waals surface area contributed by atoms with Crippen molar-refractivity contribution in [2.24, 2.45) is 0 Å². The minimum atomic E-state index is -0.481. The zero-order valence-corrected chi connectivity index (χ0v) is 19.7. The van der Waals surface area contributed by atoms with E-state index in [-0.39, 0.29) is 18.1 Å². The van der Waals surface area contributed by atoms with Crippen LogP contribution in [-0.4, -0.2) is 75.3 Å². The third kappa shape index (κ3) is 3.51. The van der Waals surface area contributed by atoms with E-state index in [9.17, 15) is 9.59 Å². The maximum atomic E-state index is 13.8. The van der Waals surface area contributed by atoms with Gasteiger partial charge in [0.25, 0.3) is 5.56 Å². The summed E-state index contributed by atoms with van der Waals surface area (Å²) >= 11 is 0. The number of Topliss-reactive ketones (excluding diaryl/α,β-unsaturated/α-hetero) is 1. The van der Waals surface area contributed by atoms with Crippen molar-refractivity contribution in [1.29, 1.82) is 0 Å². The highest BCUT2D eigenvalue weighted by Crippen LogP contribution is 2.42. The van der Waals surface area contributed by atoms with Gasteiger partial charge in [-0.1, -0.05) is 0 Å². The van der Waals surface area contributed by atoms with Crippen molar-refractivity contribution in [1.82, 2.24) is 14.8 Å². The molecule has 1 atom stereocenters. The fourth-order valence-corrected chi connectivity index (χ4v) is 5.24. The summed E-state index contributed by atoms with van der Waals surface area (Å²) in [6.07, 6.45) is 2.00. The number of hydrogen-bond acceptors (Lipinski definition) is 9. The van der Waals surface area contributed by atoms with Crippen molar-refractivity contribution in [3.8, 4) is 11.5 Å². The van der Waals surface area contributed by atoms with Crippen LogP contribution >= 0.6 is 0 Å². The average Bonchev–Trinajstić information content (AvgIpc) is 3.46. The summed E-state index contributed by atoms with van der Waals surface area (Å²) in [5, 5.41) is 4.25. The van der Waals surface area contributed by atoms with Crippen LogP contribution in [-0.2, 0) is 20.8 Å². The van der Waals surface area contributed by atoms with E-state index in [2.05, 4.69) is 10.2 Å². The molecule has 184 valence electrons. The number of allylic oxidation sites excluding steroid dienone is 2. The lowest BCUT2D eigenvalue weighted by Crippen LogP contribution is -2.38. The third-order valence-electron chi connectivity index (χ3n) is 6.99. The second kappa shape index (κ2) is 8.71. The lowest BCUT2D eigenvalue weighted by Gasteiger charge is -2.27. The van der Waals surface area contributed by atoms with Crippen molar-refractivity contribution in [2.75, 3.05) is 53.9 Å². The van der Waals surface area contributed by atoms with E-state index in [1.54, 1.807) is 22.8 Å². The summed E-state index contributed by atoms with van der Waals surface area (Å²) in [5.74, 6) is 1.30. The number of hydrogen-bond donors (Lipinski definition) is 1. The molecule has 1 unspecified atom stereocenters. The molecule has 35 heavy (non-hydrogen) atoms. The number of benzene rings is 1. The molecule has 6 rings (SSSR count). The van der Waals surface area contributed by atoms with Crippen LogP contribution in [0, 0.1) is 0 Å². The van der Waals surface area contributed by atoms with Crippen molar-refractivity contribution >= 4 is 22.3 Å². The number of ether oxygens (including phenoxy) is 5. The Kier molecular flexibility index (Phi) is 5.51. The number of nitrogens with zero attached hydrogens (tertiary/aromatic N) is 2. The number of aromatic nitrogens is 1. The Labute approximate surface area is 201 Å². The standard InChI is InChI=1S/C25H27N3O7/c1-31-17-10-14-15(11-18(17)32-2)25(30)28(5-3-4-27-6-8-33-9-7-27)22-20(14)23(29)16-12-19-24(26-21(16)22)35-13-34-19/h10-12,24,26H,3-9,13H2,1-2H3. The first-order valence-electron chi connectivity index (χ1n) is 11.7. The van der Waals surface area contributed by atoms with Gasteiger partial charge in [0.15, 0.2) is 30.3 Å². The molecular formula is C25H27N3O7. The molecule has 10 heteroatoms. The lowest BCUT2D eigenvalue weighted by molar-refractivity contribution is 0.0369. The number of carbonyl (C=O) groups is 1. The maximum Gasteiger partial charge on any atom is 0.259 e. The Bertz CT molecular complexity index is 1340. The van der Waals surface area contributed by atoms with Gasteiger partial charge in [-0.2, -0.15) is 0 Å². The van der Waals surface area contributed by atoms with Crippen molar-refractivity contribution < 1.29 is 28.5 Å². The van der Waals surface area contributed by atoms with Crippen LogP contribution in [0.3, 0.4) is 0 Å². The number of nitrogens with one attached hydrogen (secondary N) is 1. The smallest absolute Gasteiger partial charge is 0.259 e. The molecule has 0 bridgehead atoms. The first-order valence-corrected chi connectivity index (χ1v) is 11.7. The highest BCUT2D eigenvalue weighted by atomic mass is 16.7. The minimum Gasteiger partial charge on any atom is -0.493 e. The Balaban J connectivity index is 1.49. The van der Waals surface area contributed by atoms with Gasteiger partial charge in [0.1, 0.15) is 5.76 Å². The first kappa shape index (κ1) is 22.1. The molecule has 0 spiro atoms. The van der Waals surface area contributed by atoms with Crippen LogP contribution in [0.1, 0.15) is 22.5 Å². The fourth-order valence-electron chi connectivity index (χ4n) is 5.24. The van der Waals surface area contributed by atoms with E-state index < -0.39 is 6.23 Å². The summed E-state index contributed by atoms with van der Waals surface area (Å²) in [6, 6.07) is 3.37. The maximum absolute atomic E-state index is 13.8. The number of rotatable bonds is 6. The van der Waals surface area contributed by atoms with Gasteiger partial charge in [0.05, 0.1) is 55.3 Å². The number of morpholine rings is 1. The predicted octanol–water partition coefficient (Wildman–Crippen LogP) is 1.47. The molecule has 2 saturated heterocycles. The summed E-state index contributed by atoms with van der Waals surface area (Å²) in [4.78, 5) is 29.9. The van der Waals surface area contributed by atoms with Crippen LogP contribution in [0.2, 0.25) is 0 Å². The monoisotopic (exact) mass is 481 g/mol. The van der Waals surface area contributed by atoms with Gasteiger partial charge in [0.2, 0.25) is 0 Å². The molecule has 1 aliphatic carbocycles. The van der Waals surface area contributed by atoms with Gasteiger partial charge >= 0.3 is 0 Å². The Morgan fingerprint density at radius 1 is 1.06 bits per heavy atom. The number of pyridine rings is 1. The highest BCUT2D eigenvalue weighted by molar-refractivity contribution is 6.27. The summed E-state index contributed by atoms with van der Waals surface area (Å²) < 4.78 is 29.2. The lowest BCUT2D eigenvalue weighted by atomic mass is 10.0. The largest absolute Gasteiger partial charge is 0.493 e. The minimum absolute atomic E-state index is 0.117. The van der Waals surface area contributed by atoms with Gasteiger partial charge in [-0.05, 0) is 24.6 Å². The molecule has 4 heterocycles. The molecule has 1 N–H and O–H groups in total. The van der Waals surface area contributed by atoms with Crippen LogP contribution in [0.25, 0.3) is 16.5 Å². The molecule has 1 aromatic carbocycles. The third-order valence-corrected chi connectivity index (χ3v) is 6.99. The summed E-state index contributed by atoms with van der Waals surface area (Å²) in [7, 11) is 3.06. The molecule has 3 aliphatic heterocycles. The molecule has 2 aromatic rings. The van der Waals surface area contributed by atoms with Gasteiger partial charge in [-0.15, -0.1) is 0 Å². The molecule has 2 fully saturated rings. The number of methoxy groups -OCH3 is 2. The van der Waals surface area contributed by atoms with E-state index in [1.165, 1.54) is 14.2 Å². The van der Waals surface area contributed by atoms with E-state index in [4.69, 9.17) is 23.7 Å². The second-order valence-electron chi connectivity index (χ2n) is 8.86. The Morgan fingerprint density at radius 3 is 2.54 bits per heavy atom. The first-order chi connectivity index (χ1) is 17.1. The quantitative estimate of drug-likeness (QED) is 0.657. The van der Waals surface area contributed by atoms with E-state index >= 15 is 0 Å². The van der Waals surface area contributed by atoms with Crippen molar-refractivity contribution in [3.05, 3.63) is 51.2 Å². The average molecular weight is 482 g/mol. The Hall–Kier alpha value is -3.34. The number of fused-ring (bicyclic) bond motifs is 5. The fraction of sp³-hybridized carbons (Fsp3) is 0.440. The topological polar surface area (TPSA) is 100 Å². The Morgan fingerprint density at radius 2 is 1.80 bits per heavy atom. The van der Waals surface area contributed by atoms with E-state index in [1.807, 2.05) is 0 Å². The number of ketones is 1. The van der Waals surface area contributed by atoms with Crippen LogP contribution in [0.5, 0.6) is 11.5 Å². The molecule has 0 radical (unpaired) electrons. The van der Waals surface area contributed by atoms with Crippen molar-refractivity contribution in [3.63, 3.8) is 0 Å². The predicted molar refractivity (Wildman–Crippen MR) is 126 cm³/mol. The van der Waals surface area contributed by atoms with Gasteiger partial charge in [-0.3, -0.25) is 14.5 Å². The zero-order chi connectivity index (χ0) is 24.1. The summed E-state index contributed by atoms with van der Waals surface area (Å²) in [6.45, 7) is 4.62. The number of dihydropyridines is 1. The molecule has 10 nitrogen and oxygen atoms in total. The second-order valence-corrected chi connectivity index (χ2v) is 8.86. The summed E-state index contributed by atoms with van der Waals surface area (Å²) in [5.41, 5.74) is 1.96. The van der Waals surface area contributed by atoms with Crippen LogP contribution < -0.4 is 20.3 Å². The normalized spacial score (nSPS) is 21.3. The van der Waals surface area contributed by atoms with E-state index in [0.717, 1.165) is 39.3 Å². The zero-order valence-electron chi connectivity index (χ0n) is 19.7. The van der Waals surface area contributed by atoms with Crippen LogP contribution in [0.4, 0.5) is 0 Å².